The van der Waals surface area contributed by atoms with Crippen molar-refractivity contribution in [3.63, 3.8) is 0 Å². The highest BCUT2D eigenvalue weighted by Gasteiger charge is 2.29. The zero-order chi connectivity index (χ0) is 14.4. The molecule has 0 atom stereocenters. The first-order chi connectivity index (χ1) is 8.90. The van der Waals surface area contributed by atoms with Gasteiger partial charge in [0.1, 0.15) is 6.61 Å². The molecule has 0 spiro atoms. The first kappa shape index (κ1) is 15.4. The van der Waals surface area contributed by atoms with E-state index in [0.717, 1.165) is 4.90 Å². The summed E-state index contributed by atoms with van der Waals surface area (Å²) >= 11 is 0. The highest BCUT2D eigenvalue weighted by molar-refractivity contribution is 5.94. The second-order valence-electron chi connectivity index (χ2n) is 4.57. The number of likely N-dealkylation sites (N-methyl/N-ethyl adjacent to an activating group) is 1. The van der Waals surface area contributed by atoms with Gasteiger partial charge in [-0.3, -0.25) is 14.5 Å². The summed E-state index contributed by atoms with van der Waals surface area (Å²) < 4.78 is 4.67. The number of hydrogen-bond acceptors (Lipinski definition) is 6. The number of aliphatic carboxylic acids is 1. The first-order valence-electron chi connectivity index (χ1n) is 5.96. The van der Waals surface area contributed by atoms with Crippen molar-refractivity contribution in [1.29, 1.82) is 0 Å². The Balaban J connectivity index is 2.52. The summed E-state index contributed by atoms with van der Waals surface area (Å²) in [5.41, 5.74) is 0. The zero-order valence-electron chi connectivity index (χ0n) is 11.2. The molecule has 1 rings (SSSR count). The van der Waals surface area contributed by atoms with Gasteiger partial charge in [-0.15, -0.1) is 0 Å². The zero-order valence-corrected chi connectivity index (χ0v) is 11.2. The van der Waals surface area contributed by atoms with Gasteiger partial charge in [-0.25, -0.2) is 9.69 Å². The quantitative estimate of drug-likeness (QED) is 0.630. The molecule has 0 aromatic rings. The summed E-state index contributed by atoms with van der Waals surface area (Å²) in [7, 11) is 3.72. The van der Waals surface area contributed by atoms with Gasteiger partial charge in [-0.2, -0.15) is 0 Å². The van der Waals surface area contributed by atoms with Crippen molar-refractivity contribution in [3.05, 3.63) is 0 Å². The topological polar surface area (TPSA) is 90.4 Å². The Hall–Kier alpha value is -1.67. The number of nitrogens with zero attached hydrogens (tertiary/aromatic N) is 3. The molecule has 0 aromatic heterocycles. The van der Waals surface area contributed by atoms with Crippen molar-refractivity contribution in [2.24, 2.45) is 0 Å². The number of hydrogen-bond donors (Lipinski definition) is 1. The molecule has 1 aliphatic rings. The predicted octanol–water partition coefficient (Wildman–Crippen LogP) is -1.09. The fraction of sp³-hybridized carbons (Fsp3) is 0.727. The number of cyclic esters (lactones) is 1. The van der Waals surface area contributed by atoms with Crippen LogP contribution in [0.3, 0.4) is 0 Å². The van der Waals surface area contributed by atoms with Crippen LogP contribution in [0.1, 0.15) is 0 Å². The van der Waals surface area contributed by atoms with Crippen molar-refractivity contribution in [1.82, 2.24) is 14.7 Å². The molecule has 2 amide bonds. The summed E-state index contributed by atoms with van der Waals surface area (Å²) in [5.74, 6) is -1.43. The van der Waals surface area contributed by atoms with Gasteiger partial charge in [0.25, 0.3) is 0 Å². The number of carboxylic acids is 1. The third-order valence-electron chi connectivity index (χ3n) is 2.64. The van der Waals surface area contributed by atoms with Gasteiger partial charge in [0.2, 0.25) is 5.91 Å². The fourth-order valence-electron chi connectivity index (χ4n) is 1.64. The molecule has 19 heavy (non-hydrogen) atoms. The lowest BCUT2D eigenvalue weighted by molar-refractivity contribution is -0.139. The van der Waals surface area contributed by atoms with E-state index in [4.69, 9.17) is 5.11 Å². The van der Waals surface area contributed by atoms with E-state index in [1.807, 2.05) is 19.0 Å². The van der Waals surface area contributed by atoms with E-state index in [9.17, 15) is 14.4 Å². The molecule has 1 saturated heterocycles. The molecular weight excluding hydrogens is 254 g/mol. The highest BCUT2D eigenvalue weighted by Crippen LogP contribution is 2.04. The van der Waals surface area contributed by atoms with E-state index >= 15 is 0 Å². The van der Waals surface area contributed by atoms with Crippen LogP contribution in [0, 0.1) is 0 Å². The number of carbonyl (C=O) groups is 3. The first-order valence-corrected chi connectivity index (χ1v) is 5.96. The lowest BCUT2D eigenvalue weighted by Gasteiger charge is -2.23. The highest BCUT2D eigenvalue weighted by atomic mass is 16.6. The van der Waals surface area contributed by atoms with Crippen LogP contribution in [0.4, 0.5) is 4.79 Å². The summed E-state index contributed by atoms with van der Waals surface area (Å²) in [6, 6.07) is 0. The van der Waals surface area contributed by atoms with E-state index in [-0.39, 0.29) is 26.2 Å². The summed E-state index contributed by atoms with van der Waals surface area (Å²) in [5, 5.41) is 8.81. The van der Waals surface area contributed by atoms with E-state index in [1.165, 1.54) is 4.90 Å². The Morgan fingerprint density at radius 2 is 2.00 bits per heavy atom. The molecule has 0 radical (unpaired) electrons. The monoisotopic (exact) mass is 273 g/mol. The SMILES string of the molecule is CN(C)CCN(CC(=O)O)CC(=O)N1CCOC1=O. The van der Waals surface area contributed by atoms with E-state index in [1.54, 1.807) is 0 Å². The van der Waals surface area contributed by atoms with Gasteiger partial charge in [-0.1, -0.05) is 0 Å². The summed E-state index contributed by atoms with van der Waals surface area (Å²) in [6.07, 6.45) is -0.659. The largest absolute Gasteiger partial charge is 0.480 e. The Bertz CT molecular complexity index is 358. The third-order valence-corrected chi connectivity index (χ3v) is 2.64. The molecule has 0 aliphatic carbocycles. The van der Waals surface area contributed by atoms with Gasteiger partial charge in [0.05, 0.1) is 19.6 Å². The van der Waals surface area contributed by atoms with E-state index < -0.39 is 18.0 Å². The number of carboxylic acid groups (broad SMARTS) is 1. The minimum absolute atomic E-state index is 0.102. The molecule has 0 saturated carbocycles. The Morgan fingerprint density at radius 1 is 1.32 bits per heavy atom. The molecule has 0 aromatic carbocycles. The summed E-state index contributed by atoms with van der Waals surface area (Å²) in [4.78, 5) is 38.2. The van der Waals surface area contributed by atoms with Crippen molar-refractivity contribution < 1.29 is 24.2 Å². The average Bonchev–Trinajstić information content (AvgIpc) is 2.71. The number of rotatable bonds is 7. The fourth-order valence-corrected chi connectivity index (χ4v) is 1.64. The minimum Gasteiger partial charge on any atom is -0.480 e. The standard InChI is InChI=1S/C11H19N3O5/c1-12(2)3-4-13(8-10(16)17)7-9(15)14-5-6-19-11(14)18/h3-8H2,1-2H3,(H,16,17). The van der Waals surface area contributed by atoms with Crippen LogP contribution in [-0.2, 0) is 14.3 Å². The molecule has 1 fully saturated rings. The third kappa shape index (κ3) is 5.23. The van der Waals surface area contributed by atoms with Crippen molar-refractivity contribution in [3.8, 4) is 0 Å². The van der Waals surface area contributed by atoms with Crippen molar-refractivity contribution in [2.75, 3.05) is 53.4 Å². The van der Waals surface area contributed by atoms with Gasteiger partial charge >= 0.3 is 12.1 Å². The smallest absolute Gasteiger partial charge is 0.416 e. The molecular formula is C11H19N3O5. The molecule has 1 N–H and O–H groups in total. The number of ether oxygens (including phenoxy) is 1. The van der Waals surface area contributed by atoms with Crippen LogP contribution in [0.15, 0.2) is 0 Å². The van der Waals surface area contributed by atoms with Gasteiger partial charge in [0, 0.05) is 13.1 Å². The van der Waals surface area contributed by atoms with Gasteiger partial charge < -0.3 is 14.7 Å². The molecule has 8 nitrogen and oxygen atoms in total. The van der Waals surface area contributed by atoms with E-state index in [0.29, 0.717) is 13.1 Å². The molecule has 108 valence electrons. The Labute approximate surface area is 111 Å². The second kappa shape index (κ2) is 7.05. The number of imide groups is 1. The molecule has 1 heterocycles. The van der Waals surface area contributed by atoms with E-state index in [2.05, 4.69) is 4.74 Å². The average molecular weight is 273 g/mol. The van der Waals surface area contributed by atoms with Crippen molar-refractivity contribution >= 4 is 18.0 Å². The molecule has 8 heteroatoms. The van der Waals surface area contributed by atoms with Gasteiger partial charge in [-0.05, 0) is 14.1 Å². The normalized spacial score (nSPS) is 15.2. The Morgan fingerprint density at radius 3 is 2.47 bits per heavy atom. The van der Waals surface area contributed by atoms with Crippen LogP contribution in [-0.4, -0.2) is 91.2 Å². The Kier molecular flexibility index (Phi) is 5.71. The second-order valence-corrected chi connectivity index (χ2v) is 4.57. The maximum Gasteiger partial charge on any atom is 0.416 e. The lowest BCUT2D eigenvalue weighted by Crippen LogP contribution is -2.44. The molecule has 0 bridgehead atoms. The maximum atomic E-state index is 11.9. The van der Waals surface area contributed by atoms with Gasteiger partial charge in [0.15, 0.2) is 0 Å². The number of carbonyl (C=O) groups excluding carboxylic acids is 2. The predicted molar refractivity (Wildman–Crippen MR) is 65.7 cm³/mol. The van der Waals surface area contributed by atoms with Crippen LogP contribution in [0.5, 0.6) is 0 Å². The van der Waals surface area contributed by atoms with Crippen molar-refractivity contribution in [2.45, 2.75) is 0 Å². The number of amides is 2. The minimum atomic E-state index is -1.00. The lowest BCUT2D eigenvalue weighted by atomic mass is 10.4. The maximum absolute atomic E-state index is 11.9. The molecule has 1 aliphatic heterocycles. The van der Waals surface area contributed by atoms with Crippen LogP contribution < -0.4 is 0 Å². The van der Waals surface area contributed by atoms with Crippen LogP contribution in [0.2, 0.25) is 0 Å². The molecule has 0 unspecified atom stereocenters. The van der Waals surface area contributed by atoms with Crippen LogP contribution in [0.25, 0.3) is 0 Å². The van der Waals surface area contributed by atoms with Crippen LogP contribution >= 0.6 is 0 Å². The summed E-state index contributed by atoms with van der Waals surface area (Å²) in [6.45, 7) is 1.16.